The van der Waals surface area contributed by atoms with Gasteiger partial charge >= 0.3 is 7.60 Å². The lowest BCUT2D eigenvalue weighted by Crippen LogP contribution is -3.11. The van der Waals surface area contributed by atoms with Gasteiger partial charge in [0.15, 0.2) is 5.34 Å². The third-order valence-electron chi connectivity index (χ3n) is 3.04. The first-order valence-corrected chi connectivity index (χ1v) is 8.00. The molecule has 0 heterocycles. The van der Waals surface area contributed by atoms with Crippen LogP contribution in [0.3, 0.4) is 0 Å². The van der Waals surface area contributed by atoms with Gasteiger partial charge in [-0.25, -0.2) is 0 Å². The number of nitrogens with one attached hydrogen (secondary N) is 1. The Hall–Kier alpha value is -0.460. The van der Waals surface area contributed by atoms with Crippen molar-refractivity contribution in [1.29, 1.82) is 0 Å². The highest BCUT2D eigenvalue weighted by Crippen LogP contribution is 2.52. The minimum atomic E-state index is -4.81. The van der Waals surface area contributed by atoms with Crippen LogP contribution in [-0.4, -0.2) is 45.8 Å². The molecule has 0 aromatic rings. The van der Waals surface area contributed by atoms with Crippen molar-refractivity contribution < 1.29 is 34.3 Å². The van der Waals surface area contributed by atoms with Crippen molar-refractivity contribution >= 4 is 13.6 Å². The molecule has 0 amide bonds. The van der Waals surface area contributed by atoms with Crippen molar-refractivity contribution in [2.45, 2.75) is 45.9 Å². The van der Waals surface area contributed by atoms with E-state index in [1.807, 2.05) is 0 Å². The molecule has 0 saturated carbocycles. The summed E-state index contributed by atoms with van der Waals surface area (Å²) in [6.07, 6.45) is -1.40. The summed E-state index contributed by atoms with van der Waals surface area (Å²) in [6.45, 7) is 11.8. The van der Waals surface area contributed by atoms with Crippen LogP contribution in [0, 0.1) is 0 Å². The van der Waals surface area contributed by atoms with Crippen molar-refractivity contribution in [3.05, 3.63) is 0 Å². The van der Waals surface area contributed by atoms with E-state index in [-0.39, 0.29) is 6.42 Å². The summed E-state index contributed by atoms with van der Waals surface area (Å²) in [4.78, 5) is 28.8. The second-order valence-corrected chi connectivity index (χ2v) is 6.16. The van der Waals surface area contributed by atoms with Crippen molar-refractivity contribution in [1.82, 2.24) is 0 Å². The molecule has 8 heteroatoms. The number of hydrogen-bond donors (Lipinski definition) is 4. The fourth-order valence-electron chi connectivity index (χ4n) is 1.42. The molecule has 19 heavy (non-hydrogen) atoms. The Morgan fingerprint density at radius 3 is 1.58 bits per heavy atom. The molecule has 0 spiro atoms. The van der Waals surface area contributed by atoms with Crippen LogP contribution in [0.1, 0.15) is 40.5 Å². The van der Waals surface area contributed by atoms with Gasteiger partial charge in [0, 0.05) is 12.4 Å². The summed E-state index contributed by atoms with van der Waals surface area (Å²) < 4.78 is 10.6. The molecule has 1 atom stereocenters. The molecule has 1 unspecified atom stereocenters. The van der Waals surface area contributed by atoms with Crippen molar-refractivity contribution in [2.24, 2.45) is 0 Å². The molecule has 0 aromatic carbocycles. The molecule has 0 aliphatic carbocycles. The molecule has 4 N–H and O–H groups in total. The van der Waals surface area contributed by atoms with Crippen molar-refractivity contribution in [2.75, 3.05) is 19.6 Å². The summed E-state index contributed by atoms with van der Waals surface area (Å²) in [5.41, 5.74) is 0. The molecular formula is C11H26NO6P. The predicted octanol–water partition coefficient (Wildman–Crippen LogP) is -1.67. The Kier molecular flexibility index (Phi) is 10.4. The molecular weight excluding hydrogens is 273 g/mol. The maximum atomic E-state index is 10.6. The van der Waals surface area contributed by atoms with Gasteiger partial charge in [0.1, 0.15) is 0 Å². The average molecular weight is 299 g/mol. The van der Waals surface area contributed by atoms with Crippen LogP contribution in [0.2, 0.25) is 0 Å². The second kappa shape index (κ2) is 9.44. The van der Waals surface area contributed by atoms with Crippen LogP contribution >= 0.6 is 7.60 Å². The number of hydrogen-bond acceptors (Lipinski definition) is 4. The normalized spacial score (nSPS) is 14.5. The molecule has 0 aliphatic heterocycles. The van der Waals surface area contributed by atoms with Gasteiger partial charge in [-0.3, -0.25) is 4.57 Å². The molecule has 0 rings (SSSR count). The maximum absolute atomic E-state index is 10.6. The number of carbonyl (C=O) groups is 1. The lowest BCUT2D eigenvalue weighted by atomic mass is 10.2. The standard InChI is InChI=1S/C6H15N.C5H11O6P/c1-4-7(5-2)6-3;1-2-5(8,3-4(6)7)12(9,10)11/h4-6H2,1-3H3;8H,2-3H2,1H3,(H,6,7)(H2,9,10,11). The van der Waals surface area contributed by atoms with Crippen LogP contribution < -0.4 is 10.0 Å². The Labute approximate surface area is 114 Å². The van der Waals surface area contributed by atoms with Crippen LogP contribution in [-0.2, 0) is 9.36 Å². The van der Waals surface area contributed by atoms with E-state index in [9.17, 15) is 14.5 Å². The minimum absolute atomic E-state index is 0.342. The van der Waals surface area contributed by atoms with Gasteiger partial charge in [-0.15, -0.1) is 0 Å². The molecule has 116 valence electrons. The summed E-state index contributed by atoms with van der Waals surface area (Å²) in [5, 5.41) is 16.7. The Balaban J connectivity index is 0. The number of rotatable bonds is 7. The highest BCUT2D eigenvalue weighted by molar-refractivity contribution is 7.53. The SMILES string of the molecule is CCC(O)(CC(=O)[O-])P(=O)(O)O.CC[NH+](CC)CC. The molecule has 7 nitrogen and oxygen atoms in total. The Morgan fingerprint density at radius 1 is 1.16 bits per heavy atom. The Bertz CT molecular complexity index is 296. The van der Waals surface area contributed by atoms with Gasteiger partial charge in [0.2, 0.25) is 0 Å². The van der Waals surface area contributed by atoms with Crippen LogP contribution in [0.5, 0.6) is 0 Å². The molecule has 0 radical (unpaired) electrons. The van der Waals surface area contributed by atoms with Crippen LogP contribution in [0.25, 0.3) is 0 Å². The first-order valence-electron chi connectivity index (χ1n) is 6.39. The number of aliphatic carboxylic acids is 1. The topological polar surface area (TPSA) is 122 Å². The van der Waals surface area contributed by atoms with E-state index in [0.29, 0.717) is 0 Å². The minimum Gasteiger partial charge on any atom is -0.550 e. The first kappa shape index (κ1) is 20.8. The molecule has 0 fully saturated rings. The average Bonchev–Trinajstić information content (AvgIpc) is 2.29. The second-order valence-electron chi connectivity index (χ2n) is 4.24. The number of carboxylic acid groups (broad SMARTS) is 1. The monoisotopic (exact) mass is 299 g/mol. The van der Waals surface area contributed by atoms with E-state index < -0.39 is 25.3 Å². The molecule has 0 saturated heterocycles. The van der Waals surface area contributed by atoms with E-state index in [4.69, 9.17) is 14.9 Å². The zero-order valence-corrected chi connectivity index (χ0v) is 12.9. The predicted molar refractivity (Wildman–Crippen MR) is 69.5 cm³/mol. The molecule has 0 aliphatic rings. The number of carboxylic acids is 1. The number of quaternary nitrogens is 1. The van der Waals surface area contributed by atoms with Crippen molar-refractivity contribution in [3.63, 3.8) is 0 Å². The van der Waals surface area contributed by atoms with Gasteiger partial charge in [0.25, 0.3) is 0 Å². The van der Waals surface area contributed by atoms with E-state index in [0.717, 1.165) is 0 Å². The van der Waals surface area contributed by atoms with Gasteiger partial charge in [-0.1, -0.05) is 6.92 Å². The van der Waals surface area contributed by atoms with Gasteiger partial charge in [-0.05, 0) is 27.2 Å². The van der Waals surface area contributed by atoms with E-state index in [2.05, 4.69) is 20.8 Å². The highest BCUT2D eigenvalue weighted by Gasteiger charge is 2.43. The quantitative estimate of drug-likeness (QED) is 0.417. The highest BCUT2D eigenvalue weighted by atomic mass is 31.2. The van der Waals surface area contributed by atoms with E-state index in [1.54, 1.807) is 4.90 Å². The maximum Gasteiger partial charge on any atom is 0.357 e. The fraction of sp³-hybridized carbons (Fsp3) is 0.909. The lowest BCUT2D eigenvalue weighted by molar-refractivity contribution is -0.894. The number of aliphatic hydroxyl groups is 1. The smallest absolute Gasteiger partial charge is 0.357 e. The third kappa shape index (κ3) is 8.34. The van der Waals surface area contributed by atoms with Gasteiger partial charge in [-0.2, -0.15) is 0 Å². The van der Waals surface area contributed by atoms with Gasteiger partial charge in [0.05, 0.1) is 19.6 Å². The van der Waals surface area contributed by atoms with Crippen LogP contribution in [0.4, 0.5) is 0 Å². The summed E-state index contributed by atoms with van der Waals surface area (Å²) in [6, 6.07) is 0. The van der Waals surface area contributed by atoms with E-state index >= 15 is 0 Å². The van der Waals surface area contributed by atoms with E-state index in [1.165, 1.54) is 26.6 Å². The lowest BCUT2D eigenvalue weighted by Gasteiger charge is -2.27. The fourth-order valence-corrected chi connectivity index (χ4v) is 2.16. The zero-order chi connectivity index (χ0) is 15.7. The zero-order valence-electron chi connectivity index (χ0n) is 12.0. The summed E-state index contributed by atoms with van der Waals surface area (Å²) in [5.74, 6) is -1.69. The summed E-state index contributed by atoms with van der Waals surface area (Å²) >= 11 is 0. The molecule has 0 bridgehead atoms. The first-order chi connectivity index (χ1) is 8.57. The number of carbonyl (C=O) groups excluding carboxylic acids is 1. The van der Waals surface area contributed by atoms with Gasteiger partial charge < -0.3 is 29.7 Å². The third-order valence-corrected chi connectivity index (χ3v) is 4.59. The van der Waals surface area contributed by atoms with Crippen LogP contribution in [0.15, 0.2) is 0 Å². The van der Waals surface area contributed by atoms with Crippen molar-refractivity contribution in [3.8, 4) is 0 Å². The largest absolute Gasteiger partial charge is 0.550 e. The molecule has 0 aromatic heterocycles. The Morgan fingerprint density at radius 2 is 1.53 bits per heavy atom. The summed E-state index contributed by atoms with van der Waals surface area (Å²) in [7, 11) is -4.81.